The third kappa shape index (κ3) is 5.41. The van der Waals surface area contributed by atoms with Gasteiger partial charge in [-0.05, 0) is 43.7 Å². The molecule has 2 heterocycles. The third-order valence-electron chi connectivity index (χ3n) is 5.41. The lowest BCUT2D eigenvalue weighted by molar-refractivity contribution is -0.132. The number of nitrogens with zero attached hydrogens (tertiary/aromatic N) is 3. The summed E-state index contributed by atoms with van der Waals surface area (Å²) in [5, 5.41) is 0.225. The second-order valence-corrected chi connectivity index (χ2v) is 10.6. The van der Waals surface area contributed by atoms with Gasteiger partial charge in [-0.25, -0.2) is 8.42 Å². The standard InChI is InChI=1S/C21H28ClN3O3S/c1-17(2)29(27,28)25-13-11-24(12-14-25)21(26)15-19(16-23-9-3-4-10-23)18-5-7-20(22)8-6-18/h3-10,17,19H,11-16H2,1-2H3/t19-/m0/s1. The molecule has 0 radical (unpaired) electrons. The fourth-order valence-electron chi connectivity index (χ4n) is 3.60. The van der Waals surface area contributed by atoms with Crippen LogP contribution in [0.4, 0.5) is 0 Å². The Morgan fingerprint density at radius 3 is 2.17 bits per heavy atom. The Balaban J connectivity index is 1.66. The average Bonchev–Trinajstić information content (AvgIpc) is 3.21. The van der Waals surface area contributed by atoms with E-state index in [2.05, 4.69) is 4.57 Å². The third-order valence-corrected chi connectivity index (χ3v) is 7.94. The topological polar surface area (TPSA) is 62.6 Å². The molecule has 0 spiro atoms. The molecular weight excluding hydrogens is 410 g/mol. The maximum absolute atomic E-state index is 13.0. The number of hydrogen-bond acceptors (Lipinski definition) is 3. The van der Waals surface area contributed by atoms with Gasteiger partial charge in [0.05, 0.1) is 5.25 Å². The lowest BCUT2D eigenvalue weighted by atomic mass is 9.94. The van der Waals surface area contributed by atoms with Crippen molar-refractivity contribution in [2.24, 2.45) is 0 Å². The van der Waals surface area contributed by atoms with Crippen molar-refractivity contribution in [2.45, 2.75) is 38.0 Å². The van der Waals surface area contributed by atoms with Crippen molar-refractivity contribution in [1.29, 1.82) is 0 Å². The van der Waals surface area contributed by atoms with Crippen molar-refractivity contribution in [3.63, 3.8) is 0 Å². The van der Waals surface area contributed by atoms with Crippen LogP contribution in [0, 0.1) is 0 Å². The molecule has 1 aliphatic heterocycles. The summed E-state index contributed by atoms with van der Waals surface area (Å²) in [5.41, 5.74) is 1.07. The molecule has 1 aromatic heterocycles. The van der Waals surface area contributed by atoms with Crippen LogP contribution in [-0.2, 0) is 21.4 Å². The second-order valence-electron chi connectivity index (χ2n) is 7.71. The lowest BCUT2D eigenvalue weighted by Gasteiger charge is -2.35. The zero-order chi connectivity index (χ0) is 21.0. The molecule has 6 nitrogen and oxygen atoms in total. The Hall–Kier alpha value is -1.83. The molecule has 29 heavy (non-hydrogen) atoms. The zero-order valence-electron chi connectivity index (χ0n) is 16.9. The van der Waals surface area contributed by atoms with Gasteiger partial charge in [-0.1, -0.05) is 23.7 Å². The Morgan fingerprint density at radius 2 is 1.62 bits per heavy atom. The maximum Gasteiger partial charge on any atom is 0.223 e. The van der Waals surface area contributed by atoms with E-state index < -0.39 is 15.3 Å². The van der Waals surface area contributed by atoms with Crippen LogP contribution in [-0.4, -0.2) is 59.5 Å². The Morgan fingerprint density at radius 1 is 1.03 bits per heavy atom. The SMILES string of the molecule is CC(C)S(=O)(=O)N1CCN(C(=O)C[C@@H](Cn2cccc2)c2ccc(Cl)cc2)CC1. The van der Waals surface area contributed by atoms with E-state index in [0.29, 0.717) is 44.2 Å². The van der Waals surface area contributed by atoms with Crippen LogP contribution in [0.1, 0.15) is 31.7 Å². The number of amides is 1. The van der Waals surface area contributed by atoms with Crippen LogP contribution >= 0.6 is 11.6 Å². The monoisotopic (exact) mass is 437 g/mol. The van der Waals surface area contributed by atoms with E-state index in [0.717, 1.165) is 5.56 Å². The van der Waals surface area contributed by atoms with Crippen molar-refractivity contribution in [3.05, 3.63) is 59.4 Å². The number of halogens is 1. The van der Waals surface area contributed by atoms with Gasteiger partial charge in [-0.3, -0.25) is 4.79 Å². The predicted octanol–water partition coefficient (Wildman–Crippen LogP) is 3.20. The highest BCUT2D eigenvalue weighted by molar-refractivity contribution is 7.89. The fraction of sp³-hybridized carbons (Fsp3) is 0.476. The summed E-state index contributed by atoms with van der Waals surface area (Å²) >= 11 is 6.03. The van der Waals surface area contributed by atoms with E-state index in [1.54, 1.807) is 18.7 Å². The largest absolute Gasteiger partial charge is 0.354 e. The highest BCUT2D eigenvalue weighted by Gasteiger charge is 2.31. The number of carbonyl (C=O) groups is 1. The molecule has 1 amide bonds. The predicted molar refractivity (Wildman–Crippen MR) is 115 cm³/mol. The van der Waals surface area contributed by atoms with Crippen LogP contribution < -0.4 is 0 Å². The Kier molecular flexibility index (Phi) is 7.03. The highest BCUT2D eigenvalue weighted by atomic mass is 35.5. The van der Waals surface area contributed by atoms with Crippen LogP contribution in [0.25, 0.3) is 0 Å². The summed E-state index contributed by atoms with van der Waals surface area (Å²) in [6.45, 7) is 5.64. The van der Waals surface area contributed by atoms with Crippen molar-refractivity contribution < 1.29 is 13.2 Å². The van der Waals surface area contributed by atoms with Crippen LogP contribution in [0.15, 0.2) is 48.8 Å². The van der Waals surface area contributed by atoms with E-state index in [1.807, 2.05) is 48.8 Å². The Labute approximate surface area is 178 Å². The first kappa shape index (κ1) is 21.9. The number of aromatic nitrogens is 1. The quantitative estimate of drug-likeness (QED) is 0.668. The summed E-state index contributed by atoms with van der Waals surface area (Å²) < 4.78 is 28.2. The van der Waals surface area contributed by atoms with Gasteiger partial charge < -0.3 is 9.47 Å². The van der Waals surface area contributed by atoms with Crippen molar-refractivity contribution in [3.8, 4) is 0 Å². The molecule has 1 saturated heterocycles. The molecule has 158 valence electrons. The molecule has 0 unspecified atom stereocenters. The number of rotatable bonds is 7. The minimum absolute atomic E-state index is 0.0181. The van der Waals surface area contributed by atoms with Crippen molar-refractivity contribution in [2.75, 3.05) is 26.2 Å². The molecule has 0 saturated carbocycles. The number of piperazine rings is 1. The maximum atomic E-state index is 13.0. The van der Waals surface area contributed by atoms with E-state index in [-0.39, 0.29) is 11.8 Å². The first-order valence-corrected chi connectivity index (χ1v) is 11.8. The summed E-state index contributed by atoms with van der Waals surface area (Å²) in [6.07, 6.45) is 4.35. The minimum Gasteiger partial charge on any atom is -0.354 e. The first-order chi connectivity index (χ1) is 13.8. The smallest absolute Gasteiger partial charge is 0.223 e. The van der Waals surface area contributed by atoms with E-state index in [4.69, 9.17) is 11.6 Å². The van der Waals surface area contributed by atoms with E-state index in [1.165, 1.54) is 4.31 Å². The normalized spacial score (nSPS) is 16.9. The Bertz CT molecular complexity index is 903. The molecular formula is C21H28ClN3O3S. The van der Waals surface area contributed by atoms with Crippen molar-refractivity contribution >= 4 is 27.5 Å². The lowest BCUT2D eigenvalue weighted by Crippen LogP contribution is -2.52. The molecule has 2 aromatic rings. The molecule has 1 aromatic carbocycles. The van der Waals surface area contributed by atoms with Gasteiger partial charge in [-0.15, -0.1) is 0 Å². The molecule has 0 aliphatic carbocycles. The minimum atomic E-state index is -3.27. The van der Waals surface area contributed by atoms with Crippen LogP contribution in [0.5, 0.6) is 0 Å². The molecule has 3 rings (SSSR count). The van der Waals surface area contributed by atoms with Crippen LogP contribution in [0.3, 0.4) is 0 Å². The zero-order valence-corrected chi connectivity index (χ0v) is 18.4. The number of benzene rings is 1. The average molecular weight is 438 g/mol. The van der Waals surface area contributed by atoms with Crippen LogP contribution in [0.2, 0.25) is 5.02 Å². The van der Waals surface area contributed by atoms with Gasteiger partial charge in [-0.2, -0.15) is 4.31 Å². The van der Waals surface area contributed by atoms with Crippen molar-refractivity contribution in [1.82, 2.24) is 13.8 Å². The number of carbonyl (C=O) groups excluding carboxylic acids is 1. The summed E-state index contributed by atoms with van der Waals surface area (Å²) in [5.74, 6) is 0.0725. The van der Waals surface area contributed by atoms with Gasteiger partial charge in [0.2, 0.25) is 15.9 Å². The van der Waals surface area contributed by atoms with Gasteiger partial charge in [0.15, 0.2) is 0 Å². The van der Waals surface area contributed by atoms with Gasteiger partial charge in [0, 0.05) is 62.5 Å². The van der Waals surface area contributed by atoms with Gasteiger partial charge in [0.1, 0.15) is 0 Å². The van der Waals surface area contributed by atoms with Gasteiger partial charge >= 0.3 is 0 Å². The molecule has 8 heteroatoms. The van der Waals surface area contributed by atoms with E-state index in [9.17, 15) is 13.2 Å². The first-order valence-electron chi connectivity index (χ1n) is 9.90. The van der Waals surface area contributed by atoms with E-state index >= 15 is 0 Å². The highest BCUT2D eigenvalue weighted by Crippen LogP contribution is 2.25. The fourth-order valence-corrected chi connectivity index (χ4v) is 4.99. The summed E-state index contributed by atoms with van der Waals surface area (Å²) in [4.78, 5) is 14.8. The second kappa shape index (κ2) is 9.32. The molecule has 0 N–H and O–H groups in total. The molecule has 1 aliphatic rings. The molecule has 0 bridgehead atoms. The molecule has 1 atom stereocenters. The summed E-state index contributed by atoms with van der Waals surface area (Å²) in [7, 11) is -3.27. The number of hydrogen-bond donors (Lipinski definition) is 0. The summed E-state index contributed by atoms with van der Waals surface area (Å²) in [6, 6.07) is 11.6. The molecule has 1 fully saturated rings. The number of sulfonamides is 1. The van der Waals surface area contributed by atoms with Gasteiger partial charge in [0.25, 0.3) is 0 Å².